The molecule has 0 radical (unpaired) electrons. The van der Waals surface area contributed by atoms with E-state index < -0.39 is 5.54 Å². The van der Waals surface area contributed by atoms with Gasteiger partial charge in [0.05, 0.1) is 20.3 Å². The molecule has 2 aliphatic heterocycles. The third-order valence-corrected chi connectivity index (χ3v) is 7.50. The van der Waals surface area contributed by atoms with Crippen molar-refractivity contribution in [1.29, 1.82) is 0 Å². The third kappa shape index (κ3) is 5.09. The maximum Gasteiger partial charge on any atom is 0.327 e. The quantitative estimate of drug-likeness (QED) is 0.422. The molecule has 33 heavy (non-hydrogen) atoms. The minimum absolute atomic E-state index is 0.0421. The van der Waals surface area contributed by atoms with Gasteiger partial charge in [-0.15, -0.1) is 0 Å². The lowest BCUT2D eigenvalue weighted by Gasteiger charge is -2.43. The molecular weight excluding hydrogens is 418 g/mol. The summed E-state index contributed by atoms with van der Waals surface area (Å²) < 4.78 is 10.4. The van der Waals surface area contributed by atoms with Gasteiger partial charge in [-0.3, -0.25) is 9.69 Å². The van der Waals surface area contributed by atoms with Crippen LogP contribution in [-0.2, 0) is 16.0 Å². The number of likely N-dealkylation sites (tertiary alicyclic amines) is 1. The van der Waals surface area contributed by atoms with Crippen molar-refractivity contribution in [3.8, 4) is 5.75 Å². The second kappa shape index (κ2) is 10.7. The van der Waals surface area contributed by atoms with Crippen LogP contribution >= 0.6 is 0 Å². The lowest BCUT2D eigenvalue weighted by Crippen LogP contribution is -2.57. The number of ether oxygens (including phenoxy) is 2. The summed E-state index contributed by atoms with van der Waals surface area (Å²) in [4.78, 5) is 32.7. The molecule has 1 aromatic carbocycles. The molecule has 3 amide bonds. The Bertz CT molecular complexity index is 846. The number of methoxy groups -OCH3 is 2. The van der Waals surface area contributed by atoms with Crippen LogP contribution in [0.3, 0.4) is 0 Å². The predicted octanol–water partition coefficient (Wildman–Crippen LogP) is 3.34. The van der Waals surface area contributed by atoms with E-state index in [-0.39, 0.29) is 11.9 Å². The molecule has 1 unspecified atom stereocenters. The van der Waals surface area contributed by atoms with Gasteiger partial charge in [0.2, 0.25) is 0 Å². The number of urea groups is 1. The van der Waals surface area contributed by atoms with E-state index in [0.717, 1.165) is 37.4 Å². The van der Waals surface area contributed by atoms with Crippen molar-refractivity contribution in [2.75, 3.05) is 53.6 Å². The lowest BCUT2D eigenvalue weighted by atomic mass is 9.84. The highest BCUT2D eigenvalue weighted by molar-refractivity contribution is 6.07. The SMILES string of the molecule is COCCN1C(=O)N(CCc2ccc(OC)cc2)C2(CCN(CC3CC=CCC3)CC2)C1=O. The van der Waals surface area contributed by atoms with Gasteiger partial charge in [0, 0.05) is 33.3 Å². The number of carbonyl (C=O) groups excluding carboxylic acids is 2. The number of hydrogen-bond acceptors (Lipinski definition) is 5. The number of nitrogens with zero attached hydrogens (tertiary/aromatic N) is 3. The second-order valence-corrected chi connectivity index (χ2v) is 9.46. The number of imide groups is 1. The van der Waals surface area contributed by atoms with Crippen LogP contribution in [0.25, 0.3) is 0 Å². The fourth-order valence-electron chi connectivity index (χ4n) is 5.48. The Labute approximate surface area is 197 Å². The molecule has 3 aliphatic rings. The first-order valence-corrected chi connectivity index (χ1v) is 12.2. The summed E-state index contributed by atoms with van der Waals surface area (Å²) in [5.74, 6) is 1.48. The molecule has 2 heterocycles. The molecule has 4 rings (SSSR count). The molecule has 2 saturated heterocycles. The summed E-state index contributed by atoms with van der Waals surface area (Å²) in [6.45, 7) is 4.01. The zero-order valence-electron chi connectivity index (χ0n) is 20.0. The van der Waals surface area contributed by atoms with Crippen LogP contribution in [0.1, 0.15) is 37.7 Å². The average molecular weight is 456 g/mol. The first-order chi connectivity index (χ1) is 16.1. The summed E-state index contributed by atoms with van der Waals surface area (Å²) in [5, 5.41) is 0. The molecule has 7 heteroatoms. The number of amides is 3. The molecular formula is C26H37N3O4. The van der Waals surface area contributed by atoms with Gasteiger partial charge in [0.1, 0.15) is 11.3 Å². The molecule has 2 fully saturated rings. The van der Waals surface area contributed by atoms with E-state index in [1.54, 1.807) is 14.2 Å². The van der Waals surface area contributed by atoms with E-state index in [2.05, 4.69) is 17.1 Å². The van der Waals surface area contributed by atoms with Crippen molar-refractivity contribution in [2.24, 2.45) is 5.92 Å². The highest BCUT2D eigenvalue weighted by atomic mass is 16.5. The van der Waals surface area contributed by atoms with E-state index in [0.29, 0.717) is 44.9 Å². The van der Waals surface area contributed by atoms with E-state index in [4.69, 9.17) is 9.47 Å². The molecule has 1 spiro atoms. The van der Waals surface area contributed by atoms with Gasteiger partial charge in [-0.25, -0.2) is 4.79 Å². The van der Waals surface area contributed by atoms with Crippen molar-refractivity contribution >= 4 is 11.9 Å². The third-order valence-electron chi connectivity index (χ3n) is 7.50. The Morgan fingerprint density at radius 2 is 1.79 bits per heavy atom. The van der Waals surface area contributed by atoms with Gasteiger partial charge < -0.3 is 19.3 Å². The van der Waals surface area contributed by atoms with E-state index in [9.17, 15) is 9.59 Å². The summed E-state index contributed by atoms with van der Waals surface area (Å²) >= 11 is 0. The molecule has 7 nitrogen and oxygen atoms in total. The maximum absolute atomic E-state index is 13.6. The molecule has 1 aromatic rings. The Morgan fingerprint density at radius 1 is 1.03 bits per heavy atom. The smallest absolute Gasteiger partial charge is 0.327 e. The van der Waals surface area contributed by atoms with E-state index in [1.807, 2.05) is 29.2 Å². The van der Waals surface area contributed by atoms with Crippen LogP contribution in [0.4, 0.5) is 4.79 Å². The maximum atomic E-state index is 13.6. The van der Waals surface area contributed by atoms with Gasteiger partial charge in [-0.05, 0) is 62.1 Å². The molecule has 0 saturated carbocycles. The van der Waals surface area contributed by atoms with Crippen molar-refractivity contribution in [2.45, 2.75) is 44.1 Å². The average Bonchev–Trinajstić information content (AvgIpc) is 3.04. The number of allylic oxidation sites excluding steroid dienone is 2. The van der Waals surface area contributed by atoms with Crippen molar-refractivity contribution in [3.63, 3.8) is 0 Å². The summed E-state index contributed by atoms with van der Waals surface area (Å²) in [7, 11) is 3.25. The van der Waals surface area contributed by atoms with Crippen molar-refractivity contribution < 1.29 is 19.1 Å². The van der Waals surface area contributed by atoms with Crippen LogP contribution in [0.2, 0.25) is 0 Å². The van der Waals surface area contributed by atoms with E-state index in [1.165, 1.54) is 17.7 Å². The second-order valence-electron chi connectivity index (χ2n) is 9.46. The van der Waals surface area contributed by atoms with Crippen LogP contribution in [0.5, 0.6) is 5.75 Å². The van der Waals surface area contributed by atoms with Crippen molar-refractivity contribution in [1.82, 2.24) is 14.7 Å². The van der Waals surface area contributed by atoms with Crippen LogP contribution in [0.15, 0.2) is 36.4 Å². The number of piperidine rings is 1. The zero-order chi connectivity index (χ0) is 23.3. The minimum atomic E-state index is -0.722. The number of rotatable bonds is 9. The summed E-state index contributed by atoms with van der Waals surface area (Å²) in [6, 6.07) is 7.75. The molecule has 1 atom stereocenters. The Hall–Kier alpha value is -2.38. The van der Waals surface area contributed by atoms with Crippen molar-refractivity contribution in [3.05, 3.63) is 42.0 Å². The lowest BCUT2D eigenvalue weighted by molar-refractivity contribution is -0.136. The molecule has 0 N–H and O–H groups in total. The Balaban J connectivity index is 1.45. The number of carbonyl (C=O) groups is 2. The number of benzene rings is 1. The zero-order valence-corrected chi connectivity index (χ0v) is 20.0. The standard InChI is InChI=1S/C26H37N3O4/c1-32-19-18-28-24(30)26(13-16-27(17-14-26)20-22-6-4-3-5-7-22)29(25(28)31)15-12-21-8-10-23(33-2)11-9-21/h3-4,8-11,22H,5-7,12-20H2,1-2H3. The highest BCUT2D eigenvalue weighted by Gasteiger charge is 2.57. The highest BCUT2D eigenvalue weighted by Crippen LogP contribution is 2.38. The van der Waals surface area contributed by atoms with Gasteiger partial charge in [0.25, 0.3) is 5.91 Å². The molecule has 0 bridgehead atoms. The predicted molar refractivity (Wildman–Crippen MR) is 127 cm³/mol. The van der Waals surface area contributed by atoms with Crippen LogP contribution in [-0.4, -0.2) is 85.7 Å². The fraction of sp³-hybridized carbons (Fsp3) is 0.615. The largest absolute Gasteiger partial charge is 0.497 e. The Morgan fingerprint density at radius 3 is 2.42 bits per heavy atom. The normalized spacial score (nSPS) is 23.0. The Kier molecular flexibility index (Phi) is 7.71. The van der Waals surface area contributed by atoms with Crippen LogP contribution in [0, 0.1) is 5.92 Å². The van der Waals surface area contributed by atoms with Gasteiger partial charge in [0.15, 0.2) is 0 Å². The fourth-order valence-corrected chi connectivity index (χ4v) is 5.48. The van der Waals surface area contributed by atoms with Gasteiger partial charge >= 0.3 is 6.03 Å². The van der Waals surface area contributed by atoms with Crippen LogP contribution < -0.4 is 4.74 Å². The molecule has 0 aromatic heterocycles. The van der Waals surface area contributed by atoms with E-state index >= 15 is 0 Å². The first-order valence-electron chi connectivity index (χ1n) is 12.2. The van der Waals surface area contributed by atoms with Gasteiger partial charge in [-0.1, -0.05) is 24.3 Å². The monoisotopic (exact) mass is 455 g/mol. The van der Waals surface area contributed by atoms with Gasteiger partial charge in [-0.2, -0.15) is 0 Å². The summed E-state index contributed by atoms with van der Waals surface area (Å²) in [5.41, 5.74) is 0.407. The first kappa shape index (κ1) is 23.8. The topological polar surface area (TPSA) is 62.3 Å². The minimum Gasteiger partial charge on any atom is -0.497 e. The molecule has 180 valence electrons. The number of hydrogen-bond donors (Lipinski definition) is 0. The molecule has 1 aliphatic carbocycles. The summed E-state index contributed by atoms with van der Waals surface area (Å²) in [6.07, 6.45) is 10.3.